The lowest BCUT2D eigenvalue weighted by molar-refractivity contribution is -0.337. The molecule has 0 aromatic carbocycles. The molecule has 0 radical (unpaired) electrons. The maximum Gasteiger partial charge on any atom is 0.303 e. The van der Waals surface area contributed by atoms with Gasteiger partial charge in [-0.15, -0.1) is 0 Å². The number of carboxylic acids is 1. The Kier molecular flexibility index (Phi) is 8.65. The van der Waals surface area contributed by atoms with E-state index in [2.05, 4.69) is 13.0 Å². The number of carbonyl (C=O) groups is 1. The van der Waals surface area contributed by atoms with Crippen molar-refractivity contribution in [1.29, 1.82) is 0 Å². The molecule has 5 nitrogen and oxygen atoms in total. The van der Waals surface area contributed by atoms with E-state index in [4.69, 9.17) is 14.6 Å². The number of unbranched alkanes of at least 4 members (excludes halogenated alkanes) is 3. The van der Waals surface area contributed by atoms with Crippen molar-refractivity contribution in [3.05, 3.63) is 24.3 Å². The summed E-state index contributed by atoms with van der Waals surface area (Å²) in [5.74, 6) is -0.481. The Bertz CT molecular complexity index is 453. The van der Waals surface area contributed by atoms with E-state index >= 15 is 0 Å². The van der Waals surface area contributed by atoms with Gasteiger partial charge in [0.2, 0.25) is 0 Å². The number of allylic oxidation sites excluding steroid dienone is 2. The zero-order chi connectivity index (χ0) is 18.1. The summed E-state index contributed by atoms with van der Waals surface area (Å²) >= 11 is 0. The molecule has 3 aliphatic heterocycles. The predicted octanol–water partition coefficient (Wildman–Crippen LogP) is 3.82. The summed E-state index contributed by atoms with van der Waals surface area (Å²) < 4.78 is 11.6. The zero-order valence-corrected chi connectivity index (χ0v) is 15.2. The summed E-state index contributed by atoms with van der Waals surface area (Å²) in [6, 6.07) is 0. The number of rotatable bonds is 12. The van der Waals surface area contributed by atoms with Gasteiger partial charge in [-0.1, -0.05) is 50.5 Å². The van der Waals surface area contributed by atoms with Gasteiger partial charge in [0.25, 0.3) is 0 Å². The number of aliphatic carboxylic acids is 1. The highest BCUT2D eigenvalue weighted by atomic mass is 16.7. The quantitative estimate of drug-likeness (QED) is 0.412. The van der Waals surface area contributed by atoms with Gasteiger partial charge in [-0.3, -0.25) is 4.79 Å². The van der Waals surface area contributed by atoms with Gasteiger partial charge in [-0.2, -0.15) is 0 Å². The Hall–Kier alpha value is -1.17. The maximum absolute atomic E-state index is 10.5. The van der Waals surface area contributed by atoms with Crippen LogP contribution in [0.3, 0.4) is 0 Å². The Labute approximate surface area is 150 Å². The number of ether oxygens (including phenoxy) is 2. The van der Waals surface area contributed by atoms with Crippen molar-refractivity contribution in [2.75, 3.05) is 0 Å². The fraction of sp³-hybridized carbons (Fsp3) is 0.750. The standard InChI is InChI=1S/C20H32O5/c1-2-3-6-9-15(21)12-13-17-16(18-14-20(24-17)25-18)10-7-4-5-8-11-19(22)23/h4,7,12-13,15-18,20-21H,2-3,5-6,8-11,14H2,1H3,(H,22,23)/b7-4-,13-12+/t15-,16-,17-,18-,20+/m1/s1. The molecule has 3 aliphatic rings. The van der Waals surface area contributed by atoms with E-state index in [1.54, 1.807) is 0 Å². The number of fused-ring (bicyclic) bond motifs is 2. The lowest BCUT2D eigenvalue weighted by atomic mass is 9.84. The molecule has 2 N–H and O–H groups in total. The van der Waals surface area contributed by atoms with E-state index in [0.717, 1.165) is 44.9 Å². The monoisotopic (exact) mass is 352 g/mol. The number of aliphatic hydroxyl groups excluding tert-OH is 1. The minimum Gasteiger partial charge on any atom is -0.481 e. The third-order valence-electron chi connectivity index (χ3n) is 4.92. The molecule has 0 unspecified atom stereocenters. The van der Waals surface area contributed by atoms with Crippen molar-refractivity contribution in [3.8, 4) is 0 Å². The minimum atomic E-state index is -0.745. The lowest BCUT2D eigenvalue weighted by Crippen LogP contribution is -2.55. The molecule has 5 heteroatoms. The average Bonchev–Trinajstić information content (AvgIpc) is 2.55. The predicted molar refractivity (Wildman–Crippen MR) is 96.2 cm³/mol. The van der Waals surface area contributed by atoms with Crippen LogP contribution in [0.2, 0.25) is 0 Å². The summed E-state index contributed by atoms with van der Waals surface area (Å²) in [4.78, 5) is 10.5. The summed E-state index contributed by atoms with van der Waals surface area (Å²) in [5, 5.41) is 18.7. The van der Waals surface area contributed by atoms with E-state index in [9.17, 15) is 9.90 Å². The van der Waals surface area contributed by atoms with Gasteiger partial charge in [0.15, 0.2) is 6.29 Å². The van der Waals surface area contributed by atoms with Crippen LogP contribution in [0.15, 0.2) is 24.3 Å². The van der Waals surface area contributed by atoms with Crippen LogP contribution in [0, 0.1) is 5.92 Å². The second-order valence-electron chi connectivity index (χ2n) is 7.05. The molecule has 142 valence electrons. The van der Waals surface area contributed by atoms with Gasteiger partial charge in [-0.05, 0) is 25.7 Å². The van der Waals surface area contributed by atoms with Gasteiger partial charge in [0.05, 0.1) is 18.3 Å². The SMILES string of the molecule is CCCCC[C@@H](O)/C=C/[C@H]1O[C@@H]2C[C@@H](O2)[C@@H]1C/C=C\CCCC(=O)O. The fourth-order valence-electron chi connectivity index (χ4n) is 3.38. The van der Waals surface area contributed by atoms with Crippen molar-refractivity contribution in [2.45, 2.75) is 89.3 Å². The van der Waals surface area contributed by atoms with E-state index in [0.29, 0.717) is 6.42 Å². The third kappa shape index (κ3) is 6.92. The molecule has 0 amide bonds. The second-order valence-corrected chi connectivity index (χ2v) is 7.05. The van der Waals surface area contributed by atoms with E-state index in [-0.39, 0.29) is 30.8 Å². The molecule has 3 rings (SSSR count). The molecule has 5 atom stereocenters. The molecular weight excluding hydrogens is 320 g/mol. The molecule has 3 fully saturated rings. The van der Waals surface area contributed by atoms with Crippen molar-refractivity contribution in [1.82, 2.24) is 0 Å². The Balaban J connectivity index is 1.76. The van der Waals surface area contributed by atoms with Gasteiger partial charge in [0, 0.05) is 18.8 Å². The topological polar surface area (TPSA) is 76.0 Å². The lowest BCUT2D eigenvalue weighted by Gasteiger charge is -2.49. The smallest absolute Gasteiger partial charge is 0.303 e. The molecular formula is C20H32O5. The van der Waals surface area contributed by atoms with Crippen LogP contribution < -0.4 is 0 Å². The van der Waals surface area contributed by atoms with Crippen LogP contribution in [0.5, 0.6) is 0 Å². The average molecular weight is 352 g/mol. The Morgan fingerprint density at radius 1 is 1.24 bits per heavy atom. The van der Waals surface area contributed by atoms with Crippen molar-refractivity contribution >= 4 is 5.97 Å². The first-order chi connectivity index (χ1) is 12.1. The van der Waals surface area contributed by atoms with E-state index in [1.807, 2.05) is 18.2 Å². The third-order valence-corrected chi connectivity index (χ3v) is 4.92. The second kappa shape index (κ2) is 10.7. The van der Waals surface area contributed by atoms with Gasteiger partial charge < -0.3 is 19.7 Å². The zero-order valence-electron chi connectivity index (χ0n) is 15.2. The summed E-state index contributed by atoms with van der Waals surface area (Å²) in [5.41, 5.74) is 0. The molecule has 0 spiro atoms. The summed E-state index contributed by atoms with van der Waals surface area (Å²) in [6.45, 7) is 2.16. The molecule has 0 aliphatic carbocycles. The van der Waals surface area contributed by atoms with Gasteiger partial charge in [-0.25, -0.2) is 0 Å². The number of carboxylic acid groups (broad SMARTS) is 1. The highest BCUT2D eigenvalue weighted by Gasteiger charge is 2.46. The molecule has 0 aromatic heterocycles. The van der Waals surface area contributed by atoms with Crippen molar-refractivity contribution in [3.63, 3.8) is 0 Å². The highest BCUT2D eigenvalue weighted by Crippen LogP contribution is 2.40. The van der Waals surface area contributed by atoms with Crippen LogP contribution >= 0.6 is 0 Å². The molecule has 3 heterocycles. The largest absolute Gasteiger partial charge is 0.481 e. The van der Waals surface area contributed by atoms with Crippen molar-refractivity contribution in [2.24, 2.45) is 5.92 Å². The maximum atomic E-state index is 10.5. The summed E-state index contributed by atoms with van der Waals surface area (Å²) in [6.07, 6.45) is 15.4. The molecule has 25 heavy (non-hydrogen) atoms. The van der Waals surface area contributed by atoms with E-state index < -0.39 is 12.1 Å². The normalized spacial score (nSPS) is 29.8. The Morgan fingerprint density at radius 2 is 2.04 bits per heavy atom. The molecule has 0 aromatic rings. The molecule has 0 saturated carbocycles. The number of hydrogen-bond acceptors (Lipinski definition) is 4. The van der Waals surface area contributed by atoms with Gasteiger partial charge >= 0.3 is 5.97 Å². The van der Waals surface area contributed by atoms with Gasteiger partial charge in [0.1, 0.15) is 0 Å². The van der Waals surface area contributed by atoms with E-state index in [1.165, 1.54) is 0 Å². The molecule has 3 saturated heterocycles. The first-order valence-corrected chi connectivity index (χ1v) is 9.64. The summed E-state index contributed by atoms with van der Waals surface area (Å²) in [7, 11) is 0. The fourth-order valence-corrected chi connectivity index (χ4v) is 3.38. The van der Waals surface area contributed by atoms with Crippen LogP contribution in [-0.2, 0) is 14.3 Å². The minimum absolute atomic E-state index is 0.0120. The number of hydrogen-bond donors (Lipinski definition) is 2. The van der Waals surface area contributed by atoms with Crippen LogP contribution in [-0.4, -0.2) is 40.8 Å². The first-order valence-electron chi connectivity index (χ1n) is 9.64. The molecule has 2 bridgehead atoms. The number of aliphatic hydroxyl groups is 1. The van der Waals surface area contributed by atoms with Crippen molar-refractivity contribution < 1.29 is 24.5 Å². The van der Waals surface area contributed by atoms with Crippen LogP contribution in [0.1, 0.15) is 64.7 Å². The Morgan fingerprint density at radius 3 is 2.76 bits per heavy atom. The van der Waals surface area contributed by atoms with Crippen LogP contribution in [0.25, 0.3) is 0 Å². The highest BCUT2D eigenvalue weighted by molar-refractivity contribution is 5.66. The first kappa shape index (κ1) is 20.1. The van der Waals surface area contributed by atoms with Crippen LogP contribution in [0.4, 0.5) is 0 Å².